The van der Waals surface area contributed by atoms with Crippen LogP contribution in [0, 0.1) is 0 Å². The maximum Gasteiger partial charge on any atom is 0.101 e. The Balaban J connectivity index is 1.68. The van der Waals surface area contributed by atoms with E-state index in [1.54, 1.807) is 0 Å². The number of aliphatic imine (C=N–C) groups is 1. The maximum absolute atomic E-state index is 4.65. The Labute approximate surface area is 157 Å². The first-order valence-corrected chi connectivity index (χ1v) is 9.40. The van der Waals surface area contributed by atoms with Crippen LogP contribution in [0.2, 0.25) is 0 Å². The molecule has 2 atom stereocenters. The topological polar surface area (TPSA) is 24.4 Å². The van der Waals surface area contributed by atoms with Crippen LogP contribution in [-0.2, 0) is 0 Å². The molecule has 1 N–H and O–H groups in total. The molecule has 0 saturated carbocycles. The van der Waals surface area contributed by atoms with Crippen molar-refractivity contribution in [2.75, 3.05) is 0 Å². The van der Waals surface area contributed by atoms with E-state index in [2.05, 4.69) is 95.3 Å². The smallest absolute Gasteiger partial charge is 0.101 e. The highest BCUT2D eigenvalue weighted by molar-refractivity contribution is 6.25. The lowest BCUT2D eigenvalue weighted by molar-refractivity contribution is 0.710. The van der Waals surface area contributed by atoms with Crippen molar-refractivity contribution in [2.45, 2.75) is 12.1 Å². The molecule has 1 aliphatic heterocycles. The largest absolute Gasteiger partial charge is 0.368 e. The van der Waals surface area contributed by atoms with Gasteiger partial charge in [0.05, 0.1) is 12.4 Å². The fourth-order valence-electron chi connectivity index (χ4n) is 4.56. The lowest BCUT2D eigenvalue weighted by Gasteiger charge is -2.22. The number of nitrogens with one attached hydrogen (secondary N) is 1. The Morgan fingerprint density at radius 1 is 0.704 bits per heavy atom. The van der Waals surface area contributed by atoms with Crippen LogP contribution in [0.25, 0.3) is 37.9 Å². The van der Waals surface area contributed by atoms with Crippen LogP contribution in [0.4, 0.5) is 0 Å². The van der Waals surface area contributed by atoms with Crippen LogP contribution >= 0.6 is 0 Å². The molecule has 2 aliphatic rings. The minimum atomic E-state index is 0.166. The summed E-state index contributed by atoms with van der Waals surface area (Å²) < 4.78 is 0. The quantitative estimate of drug-likeness (QED) is 0.454. The summed E-state index contributed by atoms with van der Waals surface area (Å²) in [5.74, 6) is 0. The van der Waals surface area contributed by atoms with E-state index in [1.807, 2.05) is 6.34 Å². The molecule has 1 heterocycles. The zero-order chi connectivity index (χ0) is 17.8. The summed E-state index contributed by atoms with van der Waals surface area (Å²) in [7, 11) is 0. The molecule has 1 aliphatic carbocycles. The summed E-state index contributed by atoms with van der Waals surface area (Å²) in [6, 6.07) is 24.7. The average Bonchev–Trinajstić information content (AvgIpc) is 3.23. The zero-order valence-corrected chi connectivity index (χ0v) is 14.8. The van der Waals surface area contributed by atoms with Crippen LogP contribution in [-0.4, -0.2) is 18.4 Å². The van der Waals surface area contributed by atoms with Crippen molar-refractivity contribution in [3.63, 3.8) is 0 Å². The Hall–Kier alpha value is -3.39. The summed E-state index contributed by atoms with van der Waals surface area (Å²) >= 11 is 0. The van der Waals surface area contributed by atoms with Gasteiger partial charge < -0.3 is 5.32 Å². The molecule has 0 aromatic heterocycles. The SMILES string of the molecule is C1=CC2NC=NC2C(c2ccc3c4ccccc4c4ccccc4c3c2)=C1. The summed E-state index contributed by atoms with van der Waals surface area (Å²) in [6.45, 7) is 0. The summed E-state index contributed by atoms with van der Waals surface area (Å²) in [5.41, 5.74) is 2.53. The third-order valence-corrected chi connectivity index (χ3v) is 5.83. The zero-order valence-electron chi connectivity index (χ0n) is 14.8. The van der Waals surface area contributed by atoms with Gasteiger partial charge in [0.25, 0.3) is 0 Å². The average molecular weight is 346 g/mol. The van der Waals surface area contributed by atoms with Crippen molar-refractivity contribution >= 4 is 44.2 Å². The molecule has 2 heteroatoms. The van der Waals surface area contributed by atoms with Crippen molar-refractivity contribution in [1.29, 1.82) is 0 Å². The van der Waals surface area contributed by atoms with Gasteiger partial charge in [-0.25, -0.2) is 0 Å². The number of rotatable bonds is 1. The molecule has 2 nitrogen and oxygen atoms in total. The minimum absolute atomic E-state index is 0.166. The predicted octanol–water partition coefficient (Wildman–Crippen LogP) is 5.47. The van der Waals surface area contributed by atoms with E-state index in [0.29, 0.717) is 0 Å². The van der Waals surface area contributed by atoms with E-state index in [1.165, 1.54) is 43.5 Å². The number of allylic oxidation sites excluding steroid dienone is 2. The van der Waals surface area contributed by atoms with Crippen LogP contribution in [0.3, 0.4) is 0 Å². The third-order valence-electron chi connectivity index (χ3n) is 5.83. The highest BCUT2D eigenvalue weighted by Crippen LogP contribution is 2.37. The monoisotopic (exact) mass is 346 g/mol. The fraction of sp³-hybridized carbons (Fsp3) is 0.0800. The van der Waals surface area contributed by atoms with Gasteiger partial charge in [0.2, 0.25) is 0 Å². The Morgan fingerprint density at radius 2 is 1.33 bits per heavy atom. The maximum atomic E-state index is 4.65. The van der Waals surface area contributed by atoms with E-state index in [4.69, 9.17) is 0 Å². The van der Waals surface area contributed by atoms with Gasteiger partial charge in [-0.15, -0.1) is 0 Å². The van der Waals surface area contributed by atoms with Gasteiger partial charge in [0.1, 0.15) is 6.04 Å². The molecule has 128 valence electrons. The molecule has 0 radical (unpaired) electrons. The predicted molar refractivity (Wildman–Crippen MR) is 115 cm³/mol. The molecule has 4 aromatic rings. The molecule has 6 rings (SSSR count). The summed E-state index contributed by atoms with van der Waals surface area (Å²) in [6.07, 6.45) is 8.37. The van der Waals surface area contributed by atoms with E-state index < -0.39 is 0 Å². The molecular weight excluding hydrogens is 328 g/mol. The van der Waals surface area contributed by atoms with Crippen molar-refractivity contribution in [3.8, 4) is 0 Å². The van der Waals surface area contributed by atoms with Gasteiger partial charge in [-0.2, -0.15) is 0 Å². The lowest BCUT2D eigenvalue weighted by Crippen LogP contribution is -2.31. The number of nitrogens with zero attached hydrogens (tertiary/aromatic N) is 1. The number of hydrogen-bond donors (Lipinski definition) is 1. The first-order chi connectivity index (χ1) is 13.4. The van der Waals surface area contributed by atoms with Crippen molar-refractivity contribution in [1.82, 2.24) is 5.32 Å². The van der Waals surface area contributed by atoms with Crippen molar-refractivity contribution in [3.05, 3.63) is 90.5 Å². The second-order valence-corrected chi connectivity index (χ2v) is 7.27. The molecule has 0 fully saturated rings. The standard InChI is InChI=1S/C25H18N2/c1-2-8-20-18(6-1)19-7-3-4-9-21(19)23-14-16(12-13-22(20)23)17-10-5-11-24-25(17)27-15-26-24/h1-15,24-25H,(H,26,27). The van der Waals surface area contributed by atoms with Gasteiger partial charge >= 0.3 is 0 Å². The molecule has 27 heavy (non-hydrogen) atoms. The highest BCUT2D eigenvalue weighted by Gasteiger charge is 2.28. The molecule has 0 bridgehead atoms. The Kier molecular flexibility index (Phi) is 3.03. The molecule has 0 saturated heterocycles. The molecule has 4 aromatic carbocycles. The van der Waals surface area contributed by atoms with E-state index in [0.717, 1.165) is 0 Å². The van der Waals surface area contributed by atoms with Gasteiger partial charge in [-0.3, -0.25) is 4.99 Å². The van der Waals surface area contributed by atoms with Crippen molar-refractivity contribution in [2.24, 2.45) is 4.99 Å². The molecule has 0 spiro atoms. The summed E-state index contributed by atoms with van der Waals surface area (Å²) in [4.78, 5) is 4.65. The third kappa shape index (κ3) is 2.10. The van der Waals surface area contributed by atoms with Crippen molar-refractivity contribution < 1.29 is 0 Å². The highest BCUT2D eigenvalue weighted by atomic mass is 15.1. The minimum Gasteiger partial charge on any atom is -0.368 e. The normalized spacial score (nSPS) is 20.8. The Bertz CT molecular complexity index is 1270. The number of hydrogen-bond acceptors (Lipinski definition) is 2. The van der Waals surface area contributed by atoms with Gasteiger partial charge in [0, 0.05) is 0 Å². The molecule has 2 unspecified atom stereocenters. The second-order valence-electron chi connectivity index (χ2n) is 7.27. The lowest BCUT2D eigenvalue weighted by atomic mass is 9.87. The van der Waals surface area contributed by atoms with E-state index in [9.17, 15) is 0 Å². The molecular formula is C25H18N2. The van der Waals surface area contributed by atoms with E-state index in [-0.39, 0.29) is 12.1 Å². The Morgan fingerprint density at radius 3 is 2.04 bits per heavy atom. The van der Waals surface area contributed by atoms with Gasteiger partial charge in [-0.05, 0) is 49.5 Å². The first kappa shape index (κ1) is 14.7. The van der Waals surface area contributed by atoms with E-state index >= 15 is 0 Å². The first-order valence-electron chi connectivity index (χ1n) is 9.40. The number of fused-ring (bicyclic) bond motifs is 7. The van der Waals surface area contributed by atoms with Gasteiger partial charge in [0.15, 0.2) is 0 Å². The van der Waals surface area contributed by atoms with Crippen LogP contribution < -0.4 is 5.32 Å². The van der Waals surface area contributed by atoms with Gasteiger partial charge in [-0.1, -0.05) is 78.9 Å². The fourth-order valence-corrected chi connectivity index (χ4v) is 4.56. The molecule has 0 amide bonds. The second kappa shape index (κ2) is 5.55. The van der Waals surface area contributed by atoms with Crippen LogP contribution in [0.1, 0.15) is 5.56 Å². The summed E-state index contributed by atoms with van der Waals surface area (Å²) in [5, 5.41) is 11.2. The van der Waals surface area contributed by atoms with Crippen LogP contribution in [0.5, 0.6) is 0 Å². The van der Waals surface area contributed by atoms with Crippen LogP contribution in [0.15, 0.2) is 90.0 Å². The number of benzene rings is 4.